The summed E-state index contributed by atoms with van der Waals surface area (Å²) < 4.78 is 5.08. The summed E-state index contributed by atoms with van der Waals surface area (Å²) in [4.78, 5) is 14.1. The maximum atomic E-state index is 11.8. The van der Waals surface area contributed by atoms with Crippen molar-refractivity contribution < 1.29 is 14.6 Å². The van der Waals surface area contributed by atoms with Crippen LogP contribution in [0.4, 0.5) is 0 Å². The summed E-state index contributed by atoms with van der Waals surface area (Å²) in [5.74, 6) is -0.662. The van der Waals surface area contributed by atoms with Crippen LogP contribution < -0.4 is 0 Å². The number of rotatable bonds is 8. The summed E-state index contributed by atoms with van der Waals surface area (Å²) in [6.07, 6.45) is 7.43. The number of ether oxygens (including phenoxy) is 1. The Morgan fingerprint density at radius 1 is 1.39 bits per heavy atom. The average molecular weight is 317 g/mol. The number of carboxylic acids is 1. The zero-order valence-corrected chi connectivity index (χ0v) is 13.9. The number of methoxy groups -OCH3 is 1. The van der Waals surface area contributed by atoms with Crippen molar-refractivity contribution in [2.24, 2.45) is 5.41 Å². The maximum absolute atomic E-state index is 11.8. The lowest BCUT2D eigenvalue weighted by molar-refractivity contribution is -0.153. The first-order valence-electron chi connectivity index (χ1n) is 8.32. The highest BCUT2D eigenvalue weighted by atomic mass is 16.5. The third-order valence-corrected chi connectivity index (χ3v) is 4.59. The van der Waals surface area contributed by atoms with Crippen LogP contribution in [0.25, 0.3) is 6.08 Å². The molecule has 0 saturated carbocycles. The normalized spacial score (nSPS) is 22.5. The van der Waals surface area contributed by atoms with E-state index < -0.39 is 11.4 Å². The highest BCUT2D eigenvalue weighted by molar-refractivity contribution is 5.75. The molecule has 1 aliphatic rings. The topological polar surface area (TPSA) is 49.8 Å². The summed E-state index contributed by atoms with van der Waals surface area (Å²) in [5, 5.41) is 9.72. The molecule has 0 bridgehead atoms. The second-order valence-electron chi connectivity index (χ2n) is 6.33. The number of hydrogen-bond donors (Lipinski definition) is 1. The molecule has 2 rings (SSSR count). The molecule has 0 amide bonds. The van der Waals surface area contributed by atoms with E-state index in [0.717, 1.165) is 32.4 Å². The highest BCUT2D eigenvalue weighted by Crippen LogP contribution is 2.35. The van der Waals surface area contributed by atoms with Crippen molar-refractivity contribution in [3.05, 3.63) is 42.0 Å². The lowest BCUT2D eigenvalue weighted by atomic mass is 9.76. The van der Waals surface area contributed by atoms with Gasteiger partial charge in [-0.05, 0) is 37.8 Å². The van der Waals surface area contributed by atoms with Crippen LogP contribution in [0.5, 0.6) is 0 Å². The largest absolute Gasteiger partial charge is 0.481 e. The Hall–Kier alpha value is -1.65. The molecule has 23 heavy (non-hydrogen) atoms. The van der Waals surface area contributed by atoms with Crippen LogP contribution in [0.2, 0.25) is 0 Å². The molecule has 0 radical (unpaired) electrons. The second kappa shape index (κ2) is 8.85. The molecule has 1 atom stereocenters. The minimum atomic E-state index is -0.662. The Balaban J connectivity index is 1.92. The first-order chi connectivity index (χ1) is 11.2. The predicted octanol–water partition coefficient (Wildman–Crippen LogP) is 3.29. The fraction of sp³-hybridized carbons (Fsp3) is 0.526. The van der Waals surface area contributed by atoms with Gasteiger partial charge < -0.3 is 9.84 Å². The molecule has 4 heteroatoms. The van der Waals surface area contributed by atoms with Crippen LogP contribution in [-0.2, 0) is 9.53 Å². The minimum Gasteiger partial charge on any atom is -0.481 e. The van der Waals surface area contributed by atoms with Crippen molar-refractivity contribution in [2.75, 3.05) is 33.4 Å². The summed E-state index contributed by atoms with van der Waals surface area (Å²) in [6, 6.07) is 10.2. The molecule has 1 N–H and O–H groups in total. The lowest BCUT2D eigenvalue weighted by Crippen LogP contribution is -2.48. The number of carbonyl (C=O) groups is 1. The zero-order valence-electron chi connectivity index (χ0n) is 13.9. The molecular formula is C19H27NO3. The molecule has 1 aromatic rings. The fourth-order valence-corrected chi connectivity index (χ4v) is 3.33. The summed E-state index contributed by atoms with van der Waals surface area (Å²) in [5.41, 5.74) is 0.561. The van der Waals surface area contributed by atoms with Gasteiger partial charge in [0.2, 0.25) is 0 Å². The Labute approximate surface area is 138 Å². The van der Waals surface area contributed by atoms with Gasteiger partial charge in [-0.15, -0.1) is 0 Å². The first-order valence-corrected chi connectivity index (χ1v) is 8.32. The van der Waals surface area contributed by atoms with Crippen LogP contribution in [-0.4, -0.2) is 49.3 Å². The molecule has 4 nitrogen and oxygen atoms in total. The fourth-order valence-electron chi connectivity index (χ4n) is 3.33. The van der Waals surface area contributed by atoms with Crippen molar-refractivity contribution in [3.63, 3.8) is 0 Å². The van der Waals surface area contributed by atoms with E-state index in [0.29, 0.717) is 19.6 Å². The van der Waals surface area contributed by atoms with Gasteiger partial charge in [-0.1, -0.05) is 42.5 Å². The van der Waals surface area contributed by atoms with E-state index in [1.807, 2.05) is 18.2 Å². The molecule has 0 spiro atoms. The van der Waals surface area contributed by atoms with Crippen molar-refractivity contribution in [3.8, 4) is 0 Å². The first kappa shape index (κ1) is 17.7. The highest BCUT2D eigenvalue weighted by Gasteiger charge is 2.41. The molecule has 0 aromatic heterocycles. The van der Waals surface area contributed by atoms with Gasteiger partial charge in [0, 0.05) is 26.8 Å². The summed E-state index contributed by atoms with van der Waals surface area (Å²) in [7, 11) is 1.66. The molecule has 0 unspecified atom stereocenters. The van der Waals surface area contributed by atoms with E-state index in [1.54, 1.807) is 7.11 Å². The average Bonchev–Trinajstić information content (AvgIpc) is 2.56. The monoisotopic (exact) mass is 317 g/mol. The quantitative estimate of drug-likeness (QED) is 0.748. The Bertz CT molecular complexity index is 515. The molecule has 0 aliphatic carbocycles. The molecule has 1 fully saturated rings. The van der Waals surface area contributed by atoms with Crippen LogP contribution in [0.15, 0.2) is 36.4 Å². The molecule has 1 aliphatic heterocycles. The molecular weight excluding hydrogens is 290 g/mol. The number of likely N-dealkylation sites (tertiary alicyclic amines) is 1. The summed E-state index contributed by atoms with van der Waals surface area (Å²) in [6.45, 7) is 3.03. The Morgan fingerprint density at radius 2 is 2.17 bits per heavy atom. The van der Waals surface area contributed by atoms with E-state index in [-0.39, 0.29) is 0 Å². The zero-order chi connectivity index (χ0) is 16.5. The van der Waals surface area contributed by atoms with Gasteiger partial charge in [0.1, 0.15) is 0 Å². The van der Waals surface area contributed by atoms with E-state index in [4.69, 9.17) is 4.74 Å². The third-order valence-electron chi connectivity index (χ3n) is 4.59. The summed E-state index contributed by atoms with van der Waals surface area (Å²) >= 11 is 0. The number of benzene rings is 1. The molecule has 1 heterocycles. The smallest absolute Gasteiger partial charge is 0.310 e. The van der Waals surface area contributed by atoms with Crippen molar-refractivity contribution in [2.45, 2.75) is 25.7 Å². The van der Waals surface area contributed by atoms with Crippen LogP contribution in [0, 0.1) is 5.41 Å². The molecule has 126 valence electrons. The van der Waals surface area contributed by atoms with Crippen LogP contribution in [0.3, 0.4) is 0 Å². The van der Waals surface area contributed by atoms with E-state index in [9.17, 15) is 9.90 Å². The van der Waals surface area contributed by atoms with Crippen molar-refractivity contribution >= 4 is 12.0 Å². The van der Waals surface area contributed by atoms with E-state index >= 15 is 0 Å². The number of aliphatic carboxylic acids is 1. The second-order valence-corrected chi connectivity index (χ2v) is 6.33. The van der Waals surface area contributed by atoms with Crippen molar-refractivity contribution in [1.29, 1.82) is 0 Å². The minimum absolute atomic E-state index is 0.614. The van der Waals surface area contributed by atoms with Crippen LogP contribution in [0.1, 0.15) is 31.2 Å². The van der Waals surface area contributed by atoms with Crippen molar-refractivity contribution in [1.82, 2.24) is 4.90 Å². The van der Waals surface area contributed by atoms with E-state index in [1.165, 1.54) is 5.56 Å². The lowest BCUT2D eigenvalue weighted by Gasteiger charge is -2.39. The van der Waals surface area contributed by atoms with Gasteiger partial charge in [0.25, 0.3) is 0 Å². The van der Waals surface area contributed by atoms with Gasteiger partial charge in [-0.3, -0.25) is 9.69 Å². The number of carboxylic acid groups (broad SMARTS) is 1. The SMILES string of the molecule is COCCC[C@]1(C(=O)O)CCCN(C/C=C/c2ccccc2)C1. The predicted molar refractivity (Wildman–Crippen MR) is 92.3 cm³/mol. The van der Waals surface area contributed by atoms with Gasteiger partial charge in [0.15, 0.2) is 0 Å². The standard InChI is InChI=1S/C19H27NO3/c1-23-15-7-12-19(18(21)22)11-6-14-20(16-19)13-5-10-17-8-3-2-4-9-17/h2-5,8-10H,6-7,11-16H2,1H3,(H,21,22)/b10-5+/t19-/m1/s1. The number of hydrogen-bond acceptors (Lipinski definition) is 3. The van der Waals surface area contributed by atoms with Gasteiger partial charge in [-0.25, -0.2) is 0 Å². The molecule has 1 saturated heterocycles. The van der Waals surface area contributed by atoms with Gasteiger partial charge >= 0.3 is 5.97 Å². The third kappa shape index (κ3) is 5.19. The van der Waals surface area contributed by atoms with E-state index in [2.05, 4.69) is 29.2 Å². The Morgan fingerprint density at radius 3 is 2.87 bits per heavy atom. The van der Waals surface area contributed by atoms with Gasteiger partial charge in [-0.2, -0.15) is 0 Å². The van der Waals surface area contributed by atoms with Crippen LogP contribution >= 0.6 is 0 Å². The number of nitrogens with zero attached hydrogens (tertiary/aromatic N) is 1. The molecule has 1 aromatic carbocycles. The van der Waals surface area contributed by atoms with Gasteiger partial charge in [0.05, 0.1) is 5.41 Å². The maximum Gasteiger partial charge on any atom is 0.310 e. The Kier molecular flexibility index (Phi) is 6.81. The number of piperidine rings is 1.